The van der Waals surface area contributed by atoms with E-state index in [1.165, 1.54) is 35.0 Å². The highest BCUT2D eigenvalue weighted by Crippen LogP contribution is 2.27. The van der Waals surface area contributed by atoms with Crippen LogP contribution in [0.3, 0.4) is 0 Å². The lowest BCUT2D eigenvalue weighted by atomic mass is 10.1. The van der Waals surface area contributed by atoms with Crippen molar-refractivity contribution in [1.29, 1.82) is 0 Å². The summed E-state index contributed by atoms with van der Waals surface area (Å²) in [4.78, 5) is 32.9. The van der Waals surface area contributed by atoms with Crippen molar-refractivity contribution in [3.05, 3.63) is 53.7 Å². The van der Waals surface area contributed by atoms with Crippen LogP contribution in [0.25, 0.3) is 10.2 Å². The van der Waals surface area contributed by atoms with Gasteiger partial charge in [0.25, 0.3) is 5.91 Å². The number of ether oxygens (including phenoxy) is 1. The van der Waals surface area contributed by atoms with Gasteiger partial charge in [0.15, 0.2) is 6.61 Å². The average molecular weight is 402 g/mol. The molecule has 27 heavy (non-hydrogen) atoms. The Morgan fingerprint density at radius 2 is 2.00 bits per heavy atom. The maximum Gasteiger partial charge on any atom is 0.316 e. The van der Waals surface area contributed by atoms with Crippen LogP contribution in [-0.2, 0) is 20.7 Å². The minimum atomic E-state index is -0.443. The summed E-state index contributed by atoms with van der Waals surface area (Å²) in [5.41, 5.74) is 1.24. The minimum Gasteiger partial charge on any atom is -0.455 e. The molecule has 2 aromatic heterocycles. The molecule has 0 atom stereocenters. The van der Waals surface area contributed by atoms with Crippen LogP contribution in [0.1, 0.15) is 12.0 Å². The number of thiophene rings is 1. The van der Waals surface area contributed by atoms with Gasteiger partial charge < -0.3 is 10.1 Å². The standard InChI is InChI=1S/C19H19N3O3S2/c23-16(20-9-4-7-14-5-2-1-3-6-14)11-25-17(24)12-27-19-15-8-10-26-18(15)21-13-22-19/h1-3,5-6,8,10,13H,4,7,9,11-12H2,(H,20,23). The number of nitrogens with one attached hydrogen (secondary N) is 1. The van der Waals surface area contributed by atoms with Gasteiger partial charge in [-0.25, -0.2) is 9.97 Å². The molecular formula is C19H19N3O3S2. The van der Waals surface area contributed by atoms with Gasteiger partial charge in [0.05, 0.1) is 5.75 Å². The van der Waals surface area contributed by atoms with Crippen LogP contribution >= 0.6 is 23.1 Å². The van der Waals surface area contributed by atoms with Crippen LogP contribution in [0, 0.1) is 0 Å². The van der Waals surface area contributed by atoms with Crippen molar-refractivity contribution >= 4 is 45.2 Å². The number of hydrogen-bond acceptors (Lipinski definition) is 7. The van der Waals surface area contributed by atoms with E-state index >= 15 is 0 Å². The summed E-state index contributed by atoms with van der Waals surface area (Å²) < 4.78 is 5.02. The Bertz CT molecular complexity index is 899. The normalized spacial score (nSPS) is 10.7. The van der Waals surface area contributed by atoms with E-state index in [2.05, 4.69) is 27.4 Å². The molecule has 0 aliphatic rings. The minimum absolute atomic E-state index is 0.100. The fraction of sp³-hybridized carbons (Fsp3) is 0.263. The Labute approximate surface area is 165 Å². The molecule has 140 valence electrons. The summed E-state index contributed by atoms with van der Waals surface area (Å²) in [7, 11) is 0. The predicted octanol–water partition coefficient (Wildman–Crippen LogP) is 3.08. The van der Waals surface area contributed by atoms with E-state index in [9.17, 15) is 9.59 Å². The van der Waals surface area contributed by atoms with Crippen LogP contribution in [0.4, 0.5) is 0 Å². The van der Waals surface area contributed by atoms with Gasteiger partial charge in [-0.15, -0.1) is 11.3 Å². The monoisotopic (exact) mass is 401 g/mol. The van der Waals surface area contributed by atoms with Crippen molar-refractivity contribution in [3.63, 3.8) is 0 Å². The summed E-state index contributed by atoms with van der Waals surface area (Å²) in [6, 6.07) is 12.0. The summed E-state index contributed by atoms with van der Waals surface area (Å²) >= 11 is 2.81. The van der Waals surface area contributed by atoms with E-state index in [4.69, 9.17) is 4.74 Å². The van der Waals surface area contributed by atoms with Crippen LogP contribution in [0.15, 0.2) is 53.1 Å². The molecule has 3 rings (SSSR count). The third-order valence-electron chi connectivity index (χ3n) is 3.72. The highest BCUT2D eigenvalue weighted by atomic mass is 32.2. The van der Waals surface area contributed by atoms with Gasteiger partial charge >= 0.3 is 5.97 Å². The molecule has 0 spiro atoms. The fourth-order valence-electron chi connectivity index (χ4n) is 2.41. The van der Waals surface area contributed by atoms with Gasteiger partial charge in [-0.1, -0.05) is 42.1 Å². The number of fused-ring (bicyclic) bond motifs is 1. The highest BCUT2D eigenvalue weighted by molar-refractivity contribution is 8.00. The molecule has 1 N–H and O–H groups in total. The molecule has 0 bridgehead atoms. The number of nitrogens with zero attached hydrogens (tertiary/aromatic N) is 2. The van der Waals surface area contributed by atoms with Crippen molar-refractivity contribution in [1.82, 2.24) is 15.3 Å². The smallest absolute Gasteiger partial charge is 0.316 e. The van der Waals surface area contributed by atoms with Crippen molar-refractivity contribution in [2.24, 2.45) is 0 Å². The first kappa shape index (κ1) is 19.3. The molecule has 0 unspecified atom stereocenters. The van der Waals surface area contributed by atoms with Crippen molar-refractivity contribution < 1.29 is 14.3 Å². The third kappa shape index (κ3) is 6.04. The molecule has 8 heteroatoms. The molecule has 6 nitrogen and oxygen atoms in total. The lowest BCUT2D eigenvalue weighted by molar-refractivity contribution is -0.145. The first-order valence-corrected chi connectivity index (χ1v) is 10.4. The lowest BCUT2D eigenvalue weighted by Gasteiger charge is -2.07. The second-order valence-electron chi connectivity index (χ2n) is 5.71. The van der Waals surface area contributed by atoms with Crippen LogP contribution in [0.2, 0.25) is 0 Å². The maximum absolute atomic E-state index is 11.8. The quantitative estimate of drug-likeness (QED) is 0.257. The van der Waals surface area contributed by atoms with Crippen molar-refractivity contribution in [2.75, 3.05) is 18.9 Å². The first-order chi connectivity index (χ1) is 13.2. The fourth-order valence-corrected chi connectivity index (χ4v) is 3.99. The first-order valence-electron chi connectivity index (χ1n) is 8.49. The molecule has 0 fully saturated rings. The summed E-state index contributed by atoms with van der Waals surface area (Å²) in [5.74, 6) is -0.631. The number of amides is 1. The summed E-state index contributed by atoms with van der Waals surface area (Å²) in [6.07, 6.45) is 3.22. The Morgan fingerprint density at radius 1 is 1.15 bits per heavy atom. The number of rotatable bonds is 9. The molecular weight excluding hydrogens is 382 g/mol. The average Bonchev–Trinajstić information content (AvgIpc) is 3.18. The van der Waals surface area contributed by atoms with Gasteiger partial charge in [0, 0.05) is 11.9 Å². The number of carbonyl (C=O) groups is 2. The zero-order valence-corrected chi connectivity index (χ0v) is 16.2. The molecule has 0 saturated heterocycles. The topological polar surface area (TPSA) is 81.2 Å². The van der Waals surface area contributed by atoms with Gasteiger partial charge in [-0.2, -0.15) is 0 Å². The molecule has 0 aliphatic heterocycles. The summed E-state index contributed by atoms with van der Waals surface area (Å²) in [5, 5.41) is 6.36. The van der Waals surface area contributed by atoms with E-state index in [1.807, 2.05) is 29.6 Å². The second kappa shape index (κ2) is 10.0. The number of carbonyl (C=O) groups excluding carboxylic acids is 2. The number of aryl methyl sites for hydroxylation is 1. The van der Waals surface area contributed by atoms with E-state index in [-0.39, 0.29) is 18.3 Å². The maximum atomic E-state index is 11.8. The van der Waals surface area contributed by atoms with E-state index in [0.717, 1.165) is 28.1 Å². The van der Waals surface area contributed by atoms with Gasteiger partial charge in [0.2, 0.25) is 0 Å². The zero-order valence-electron chi connectivity index (χ0n) is 14.6. The summed E-state index contributed by atoms with van der Waals surface area (Å²) in [6.45, 7) is 0.291. The van der Waals surface area contributed by atoms with E-state index < -0.39 is 5.97 Å². The number of esters is 1. The molecule has 1 amide bonds. The Morgan fingerprint density at radius 3 is 2.85 bits per heavy atom. The van der Waals surface area contributed by atoms with Gasteiger partial charge in [0.1, 0.15) is 16.2 Å². The molecule has 3 aromatic rings. The SMILES string of the molecule is O=C(COC(=O)CSc1ncnc2sccc12)NCCCc1ccccc1. The molecule has 1 aromatic carbocycles. The number of aromatic nitrogens is 2. The van der Waals surface area contributed by atoms with Crippen molar-refractivity contribution in [2.45, 2.75) is 17.9 Å². The van der Waals surface area contributed by atoms with Crippen LogP contribution < -0.4 is 5.32 Å². The van der Waals surface area contributed by atoms with Gasteiger partial charge in [-0.3, -0.25) is 9.59 Å². The second-order valence-corrected chi connectivity index (χ2v) is 7.57. The Hall–Kier alpha value is -2.45. The lowest BCUT2D eigenvalue weighted by Crippen LogP contribution is -2.30. The third-order valence-corrected chi connectivity index (χ3v) is 5.52. The zero-order chi connectivity index (χ0) is 18.9. The molecule has 0 saturated carbocycles. The van der Waals surface area contributed by atoms with Crippen molar-refractivity contribution in [3.8, 4) is 0 Å². The number of benzene rings is 1. The molecule has 2 heterocycles. The highest BCUT2D eigenvalue weighted by Gasteiger charge is 2.11. The van der Waals surface area contributed by atoms with Crippen LogP contribution in [-0.4, -0.2) is 40.7 Å². The Balaban J connectivity index is 1.31. The van der Waals surface area contributed by atoms with E-state index in [1.54, 1.807) is 0 Å². The molecule has 0 radical (unpaired) electrons. The van der Waals surface area contributed by atoms with Gasteiger partial charge in [-0.05, 0) is 29.9 Å². The Kier molecular flexibility index (Phi) is 7.18. The largest absolute Gasteiger partial charge is 0.455 e. The number of thioether (sulfide) groups is 1. The predicted molar refractivity (Wildman–Crippen MR) is 107 cm³/mol. The van der Waals surface area contributed by atoms with E-state index in [0.29, 0.717) is 6.54 Å². The number of hydrogen-bond donors (Lipinski definition) is 1. The van der Waals surface area contributed by atoms with Crippen LogP contribution in [0.5, 0.6) is 0 Å². The molecule has 0 aliphatic carbocycles.